The fourth-order valence-electron chi connectivity index (χ4n) is 1.65. The van der Waals surface area contributed by atoms with Gasteiger partial charge in [-0.3, -0.25) is 4.79 Å². The first-order valence-corrected chi connectivity index (χ1v) is 6.20. The van der Waals surface area contributed by atoms with Crippen molar-refractivity contribution in [2.75, 3.05) is 0 Å². The molecule has 0 fully saturated rings. The van der Waals surface area contributed by atoms with Gasteiger partial charge in [0.25, 0.3) is 5.56 Å². The number of aromatic nitrogens is 2. The van der Waals surface area contributed by atoms with Crippen LogP contribution in [0.15, 0.2) is 15.6 Å². The van der Waals surface area contributed by atoms with Crippen molar-refractivity contribution in [2.45, 2.75) is 27.2 Å². The molecule has 0 bridgehead atoms. The van der Waals surface area contributed by atoms with Gasteiger partial charge in [0.15, 0.2) is 0 Å². The summed E-state index contributed by atoms with van der Waals surface area (Å²) in [5.41, 5.74) is 3.74. The zero-order valence-corrected chi connectivity index (χ0v) is 10.4. The lowest BCUT2D eigenvalue weighted by molar-refractivity contribution is 0.954. The van der Waals surface area contributed by atoms with Gasteiger partial charge in [-0.25, -0.2) is 4.98 Å². The van der Waals surface area contributed by atoms with E-state index in [2.05, 4.69) is 15.3 Å². The molecule has 0 aliphatic rings. The summed E-state index contributed by atoms with van der Waals surface area (Å²) in [7, 11) is 0. The second-order valence-electron chi connectivity index (χ2n) is 3.81. The number of nitrogens with zero attached hydrogens (tertiary/aromatic N) is 1. The van der Waals surface area contributed by atoms with Crippen LogP contribution in [0.4, 0.5) is 0 Å². The first-order chi connectivity index (χ1) is 7.63. The molecule has 2 heterocycles. The number of aryl methyl sites for hydroxylation is 2. The highest BCUT2D eigenvalue weighted by atomic mass is 32.1. The molecule has 2 rings (SSSR count). The monoisotopic (exact) mass is 234 g/mol. The van der Waals surface area contributed by atoms with Crippen LogP contribution in [0, 0.1) is 13.8 Å². The maximum Gasteiger partial charge on any atom is 0.254 e. The third-order valence-corrected chi connectivity index (χ3v) is 3.56. The fraction of sp³-hybridized carbons (Fsp3) is 0.333. The Hall–Kier alpha value is -1.42. The molecule has 0 unspecified atom stereocenters. The largest absolute Gasteiger partial charge is 0.306 e. The molecule has 4 heteroatoms. The number of thiophene rings is 1. The molecule has 0 aliphatic carbocycles. The zero-order valence-electron chi connectivity index (χ0n) is 9.63. The van der Waals surface area contributed by atoms with E-state index < -0.39 is 0 Å². The minimum absolute atomic E-state index is 0.0348. The SMILES string of the molecule is CCc1nc(-c2cscc2C)[nH]c(=O)c1C. The minimum atomic E-state index is -0.0348. The number of aromatic amines is 1. The molecule has 84 valence electrons. The molecule has 0 aliphatic heterocycles. The molecule has 3 nitrogen and oxygen atoms in total. The summed E-state index contributed by atoms with van der Waals surface area (Å²) in [5.74, 6) is 0.686. The van der Waals surface area contributed by atoms with Gasteiger partial charge in [0.1, 0.15) is 5.82 Å². The van der Waals surface area contributed by atoms with Crippen molar-refractivity contribution in [3.05, 3.63) is 37.9 Å². The number of rotatable bonds is 2. The van der Waals surface area contributed by atoms with Gasteiger partial charge in [-0.1, -0.05) is 6.92 Å². The first kappa shape index (κ1) is 11.1. The summed E-state index contributed by atoms with van der Waals surface area (Å²) in [6.07, 6.45) is 0.784. The topological polar surface area (TPSA) is 45.8 Å². The highest BCUT2D eigenvalue weighted by Crippen LogP contribution is 2.23. The molecule has 16 heavy (non-hydrogen) atoms. The Kier molecular flexibility index (Phi) is 2.92. The average molecular weight is 234 g/mol. The lowest BCUT2D eigenvalue weighted by Crippen LogP contribution is -2.15. The molecular formula is C12H14N2OS. The van der Waals surface area contributed by atoms with Crippen LogP contribution in [0.2, 0.25) is 0 Å². The lowest BCUT2D eigenvalue weighted by atomic mass is 10.1. The van der Waals surface area contributed by atoms with Crippen molar-refractivity contribution >= 4 is 11.3 Å². The predicted octanol–water partition coefficient (Wildman–Crippen LogP) is 2.68. The third kappa shape index (κ3) is 1.80. The zero-order chi connectivity index (χ0) is 11.7. The molecule has 0 atom stereocenters. The highest BCUT2D eigenvalue weighted by molar-refractivity contribution is 7.08. The minimum Gasteiger partial charge on any atom is -0.306 e. The maximum atomic E-state index is 11.7. The Balaban J connectivity index is 2.64. The predicted molar refractivity (Wildman–Crippen MR) is 67.0 cm³/mol. The molecule has 2 aromatic rings. The Labute approximate surface area is 98.2 Å². The molecule has 2 aromatic heterocycles. The van der Waals surface area contributed by atoms with Crippen LogP contribution in [0.25, 0.3) is 11.4 Å². The molecule has 0 saturated carbocycles. The van der Waals surface area contributed by atoms with Crippen molar-refractivity contribution in [3.63, 3.8) is 0 Å². The third-order valence-electron chi connectivity index (χ3n) is 2.70. The molecule has 0 spiro atoms. The normalized spacial score (nSPS) is 10.7. The molecule has 0 amide bonds. The second kappa shape index (κ2) is 4.22. The molecule has 0 aromatic carbocycles. The summed E-state index contributed by atoms with van der Waals surface area (Å²) >= 11 is 1.62. The number of H-pyrrole nitrogens is 1. The van der Waals surface area contributed by atoms with Crippen LogP contribution in [-0.2, 0) is 6.42 Å². The molecule has 0 saturated heterocycles. The fourth-order valence-corrected chi connectivity index (χ4v) is 2.49. The number of hydrogen-bond acceptors (Lipinski definition) is 3. The Bertz CT molecular complexity index is 569. The highest BCUT2D eigenvalue weighted by Gasteiger charge is 2.09. The van der Waals surface area contributed by atoms with E-state index in [9.17, 15) is 4.79 Å². The van der Waals surface area contributed by atoms with Gasteiger partial charge >= 0.3 is 0 Å². The van der Waals surface area contributed by atoms with Gasteiger partial charge in [-0.2, -0.15) is 11.3 Å². The number of hydrogen-bond donors (Lipinski definition) is 1. The van der Waals surface area contributed by atoms with Crippen LogP contribution < -0.4 is 5.56 Å². The van der Waals surface area contributed by atoms with Crippen molar-refractivity contribution in [1.29, 1.82) is 0 Å². The van der Waals surface area contributed by atoms with Crippen molar-refractivity contribution in [1.82, 2.24) is 9.97 Å². The van der Waals surface area contributed by atoms with E-state index in [-0.39, 0.29) is 5.56 Å². The van der Waals surface area contributed by atoms with Crippen molar-refractivity contribution in [3.8, 4) is 11.4 Å². The van der Waals surface area contributed by atoms with E-state index in [1.54, 1.807) is 11.3 Å². The van der Waals surface area contributed by atoms with Crippen molar-refractivity contribution < 1.29 is 0 Å². The quantitative estimate of drug-likeness (QED) is 0.868. The van der Waals surface area contributed by atoms with E-state index in [1.165, 1.54) is 0 Å². The van der Waals surface area contributed by atoms with Gasteiger partial charge in [0.2, 0.25) is 0 Å². The Morgan fingerprint density at radius 1 is 1.38 bits per heavy atom. The summed E-state index contributed by atoms with van der Waals surface area (Å²) in [6.45, 7) is 5.85. The van der Waals surface area contributed by atoms with Gasteiger partial charge in [-0.05, 0) is 31.2 Å². The van der Waals surface area contributed by atoms with E-state index in [0.717, 1.165) is 28.8 Å². The number of nitrogens with one attached hydrogen (secondary N) is 1. The maximum absolute atomic E-state index is 11.7. The van der Waals surface area contributed by atoms with Gasteiger partial charge < -0.3 is 4.98 Å². The summed E-state index contributed by atoms with van der Waals surface area (Å²) in [4.78, 5) is 19.1. The molecule has 0 radical (unpaired) electrons. The van der Waals surface area contributed by atoms with E-state index in [1.807, 2.05) is 26.2 Å². The smallest absolute Gasteiger partial charge is 0.254 e. The van der Waals surface area contributed by atoms with Crippen molar-refractivity contribution in [2.24, 2.45) is 0 Å². The average Bonchev–Trinajstić information content (AvgIpc) is 2.68. The summed E-state index contributed by atoms with van der Waals surface area (Å²) in [5, 5.41) is 4.07. The second-order valence-corrected chi connectivity index (χ2v) is 4.55. The van der Waals surface area contributed by atoms with E-state index in [0.29, 0.717) is 5.82 Å². The Morgan fingerprint density at radius 2 is 2.12 bits per heavy atom. The van der Waals surface area contributed by atoms with Gasteiger partial charge in [-0.15, -0.1) is 0 Å². The van der Waals surface area contributed by atoms with E-state index >= 15 is 0 Å². The Morgan fingerprint density at radius 3 is 2.69 bits per heavy atom. The van der Waals surface area contributed by atoms with E-state index in [4.69, 9.17) is 0 Å². The van der Waals surface area contributed by atoms with Crippen LogP contribution in [0.1, 0.15) is 23.7 Å². The molecular weight excluding hydrogens is 220 g/mol. The lowest BCUT2D eigenvalue weighted by Gasteiger charge is -2.05. The van der Waals surface area contributed by atoms with Crippen LogP contribution >= 0.6 is 11.3 Å². The summed E-state index contributed by atoms with van der Waals surface area (Å²) < 4.78 is 0. The molecule has 1 N–H and O–H groups in total. The van der Waals surface area contributed by atoms with Crippen LogP contribution in [-0.4, -0.2) is 9.97 Å². The van der Waals surface area contributed by atoms with Gasteiger partial charge in [0.05, 0.1) is 5.69 Å². The summed E-state index contributed by atoms with van der Waals surface area (Å²) in [6, 6.07) is 0. The van der Waals surface area contributed by atoms with Crippen LogP contribution in [0.5, 0.6) is 0 Å². The first-order valence-electron chi connectivity index (χ1n) is 5.26. The standard InChI is InChI=1S/C12H14N2OS/c1-4-10-8(3)12(15)14-11(13-10)9-6-16-5-7(9)2/h5-6H,4H2,1-3H3,(H,13,14,15). The van der Waals surface area contributed by atoms with Gasteiger partial charge in [0, 0.05) is 16.5 Å². The van der Waals surface area contributed by atoms with Crippen LogP contribution in [0.3, 0.4) is 0 Å².